The molecule has 4 rings (SSSR count). The summed E-state index contributed by atoms with van der Waals surface area (Å²) in [5.74, 6) is -1.06. The molecule has 0 bridgehead atoms. The van der Waals surface area contributed by atoms with Crippen LogP contribution in [0.25, 0.3) is 0 Å². The fourth-order valence-corrected chi connectivity index (χ4v) is 4.97. The van der Waals surface area contributed by atoms with Gasteiger partial charge >= 0.3 is 5.97 Å². The van der Waals surface area contributed by atoms with Crippen LogP contribution in [-0.4, -0.2) is 60.0 Å². The molecule has 0 aliphatic carbocycles. The number of carbonyl (C=O) groups excluding carboxylic acids is 2. The molecule has 0 unspecified atom stereocenters. The Morgan fingerprint density at radius 2 is 1.93 bits per heavy atom. The molecule has 1 fully saturated rings. The van der Waals surface area contributed by atoms with E-state index in [9.17, 15) is 14.4 Å². The van der Waals surface area contributed by atoms with E-state index in [0.717, 1.165) is 24.1 Å². The van der Waals surface area contributed by atoms with Gasteiger partial charge in [0.1, 0.15) is 0 Å². The zero-order valence-corrected chi connectivity index (χ0v) is 17.8. The molecule has 158 valence electrons. The van der Waals surface area contributed by atoms with E-state index in [1.54, 1.807) is 17.0 Å². The molecule has 7 nitrogen and oxygen atoms in total. The Bertz CT molecular complexity index is 992. The maximum absolute atomic E-state index is 12.6. The molecule has 1 aromatic carbocycles. The lowest BCUT2D eigenvalue weighted by Crippen LogP contribution is -2.36. The smallest absolute Gasteiger partial charge is 0.317 e. The summed E-state index contributed by atoms with van der Waals surface area (Å²) >= 11 is 7.11. The predicted molar refractivity (Wildman–Crippen MR) is 115 cm³/mol. The summed E-state index contributed by atoms with van der Waals surface area (Å²) in [4.78, 5) is 40.1. The van der Waals surface area contributed by atoms with Crippen molar-refractivity contribution >= 4 is 46.4 Å². The molecule has 2 aliphatic rings. The maximum atomic E-state index is 12.6. The number of carboxylic acids is 1. The van der Waals surface area contributed by atoms with Crippen molar-refractivity contribution in [3.63, 3.8) is 0 Å². The van der Waals surface area contributed by atoms with E-state index in [4.69, 9.17) is 16.7 Å². The molecule has 1 aromatic heterocycles. The van der Waals surface area contributed by atoms with Crippen molar-refractivity contribution in [2.45, 2.75) is 25.3 Å². The molecule has 1 saturated heterocycles. The van der Waals surface area contributed by atoms with E-state index in [1.807, 2.05) is 23.1 Å². The van der Waals surface area contributed by atoms with E-state index in [-0.39, 0.29) is 30.8 Å². The summed E-state index contributed by atoms with van der Waals surface area (Å²) in [6, 6.07) is 9.10. The quantitative estimate of drug-likeness (QED) is 0.734. The van der Waals surface area contributed by atoms with E-state index in [1.165, 1.54) is 16.9 Å². The zero-order chi connectivity index (χ0) is 21.3. The molecule has 2 aliphatic heterocycles. The van der Waals surface area contributed by atoms with Gasteiger partial charge in [-0.1, -0.05) is 17.7 Å². The van der Waals surface area contributed by atoms with Crippen molar-refractivity contribution in [1.29, 1.82) is 0 Å². The number of anilines is 1. The lowest BCUT2D eigenvalue weighted by molar-refractivity contribution is -0.138. The molecule has 2 aromatic rings. The highest BCUT2D eigenvalue weighted by molar-refractivity contribution is 7.18. The number of nitrogens with zero attached hydrogens (tertiary/aromatic N) is 2. The van der Waals surface area contributed by atoms with Gasteiger partial charge < -0.3 is 15.3 Å². The van der Waals surface area contributed by atoms with Crippen molar-refractivity contribution in [3.05, 3.63) is 50.7 Å². The first-order valence-electron chi connectivity index (χ1n) is 9.81. The Morgan fingerprint density at radius 1 is 1.17 bits per heavy atom. The first-order valence-corrected chi connectivity index (χ1v) is 11.0. The van der Waals surface area contributed by atoms with Gasteiger partial charge in [-0.25, -0.2) is 0 Å². The standard InChI is InChI=1S/C21H22ClN3O4S/c22-18-4-3-17(30-18)21(29)23-15-10-19(26)25(11-15)16-2-1-13-5-7-24(12-20(27)28)8-6-14(13)9-16/h1-4,9,15H,5-8,10-12H2,(H,23,29)(H,27,28)/t15-/m1/s1. The number of fused-ring (bicyclic) bond motifs is 1. The number of halogens is 1. The van der Waals surface area contributed by atoms with Crippen molar-refractivity contribution < 1.29 is 19.5 Å². The highest BCUT2D eigenvalue weighted by Crippen LogP contribution is 2.27. The highest BCUT2D eigenvalue weighted by atomic mass is 35.5. The predicted octanol–water partition coefficient (Wildman–Crippen LogP) is 2.42. The highest BCUT2D eigenvalue weighted by Gasteiger charge is 2.32. The normalized spacial score (nSPS) is 19.4. The lowest BCUT2D eigenvalue weighted by Gasteiger charge is -2.19. The second-order valence-electron chi connectivity index (χ2n) is 7.61. The average Bonchev–Trinajstić information content (AvgIpc) is 3.23. The van der Waals surface area contributed by atoms with Crippen LogP contribution in [-0.2, 0) is 22.4 Å². The molecular weight excluding hydrogens is 426 g/mol. The summed E-state index contributed by atoms with van der Waals surface area (Å²) in [6.07, 6.45) is 1.80. The van der Waals surface area contributed by atoms with E-state index in [2.05, 4.69) is 5.32 Å². The summed E-state index contributed by atoms with van der Waals surface area (Å²) in [7, 11) is 0. The van der Waals surface area contributed by atoms with Crippen molar-refractivity contribution in [2.24, 2.45) is 0 Å². The van der Waals surface area contributed by atoms with Crippen LogP contribution in [0.15, 0.2) is 30.3 Å². The minimum atomic E-state index is -0.817. The second kappa shape index (κ2) is 8.75. The Balaban J connectivity index is 1.42. The Hall–Kier alpha value is -2.42. The summed E-state index contributed by atoms with van der Waals surface area (Å²) in [5, 5.41) is 12.0. The minimum absolute atomic E-state index is 0.0226. The molecule has 2 amide bonds. The van der Waals surface area contributed by atoms with Crippen LogP contribution in [0.4, 0.5) is 5.69 Å². The largest absolute Gasteiger partial charge is 0.480 e. The number of hydrogen-bond acceptors (Lipinski definition) is 5. The van der Waals surface area contributed by atoms with E-state index >= 15 is 0 Å². The summed E-state index contributed by atoms with van der Waals surface area (Å²) in [6.45, 7) is 1.86. The van der Waals surface area contributed by atoms with Gasteiger partial charge in [-0.2, -0.15) is 0 Å². The molecule has 9 heteroatoms. The van der Waals surface area contributed by atoms with Gasteiger partial charge in [-0.15, -0.1) is 11.3 Å². The molecular formula is C21H22ClN3O4S. The number of carboxylic acid groups (broad SMARTS) is 1. The van der Waals surface area contributed by atoms with Crippen molar-refractivity contribution in [2.75, 3.05) is 31.1 Å². The molecule has 0 radical (unpaired) electrons. The van der Waals surface area contributed by atoms with Crippen LogP contribution in [0.2, 0.25) is 4.34 Å². The molecule has 2 N–H and O–H groups in total. The fraction of sp³-hybridized carbons (Fsp3) is 0.381. The average molecular weight is 448 g/mol. The van der Waals surface area contributed by atoms with Gasteiger partial charge in [-0.3, -0.25) is 19.3 Å². The van der Waals surface area contributed by atoms with Crippen LogP contribution in [0.3, 0.4) is 0 Å². The van der Waals surface area contributed by atoms with Gasteiger partial charge in [0.05, 0.1) is 21.8 Å². The van der Waals surface area contributed by atoms with Gasteiger partial charge in [0.15, 0.2) is 0 Å². The van der Waals surface area contributed by atoms with E-state index < -0.39 is 5.97 Å². The number of amides is 2. The van der Waals surface area contributed by atoms with Crippen LogP contribution in [0, 0.1) is 0 Å². The van der Waals surface area contributed by atoms with Gasteiger partial charge in [-0.05, 0) is 48.2 Å². The van der Waals surface area contributed by atoms with Gasteiger partial charge in [0.25, 0.3) is 5.91 Å². The first kappa shape index (κ1) is 20.8. The van der Waals surface area contributed by atoms with Crippen LogP contribution in [0.1, 0.15) is 27.2 Å². The Morgan fingerprint density at radius 3 is 2.63 bits per heavy atom. The number of benzene rings is 1. The Kier molecular flexibility index (Phi) is 6.08. The van der Waals surface area contributed by atoms with Gasteiger partial charge in [0.2, 0.25) is 5.91 Å². The monoisotopic (exact) mass is 447 g/mol. The molecule has 0 saturated carbocycles. The van der Waals surface area contributed by atoms with Crippen LogP contribution in [0.5, 0.6) is 0 Å². The second-order valence-corrected chi connectivity index (χ2v) is 9.32. The SMILES string of the molecule is O=C(O)CN1CCc2ccc(N3C[C@H](NC(=O)c4ccc(Cl)s4)CC3=O)cc2CC1. The third kappa shape index (κ3) is 4.66. The van der Waals surface area contributed by atoms with Crippen molar-refractivity contribution in [3.8, 4) is 0 Å². The lowest BCUT2D eigenvalue weighted by atomic mass is 10.0. The third-order valence-corrected chi connectivity index (χ3v) is 6.74. The van der Waals surface area contributed by atoms with Crippen molar-refractivity contribution in [1.82, 2.24) is 10.2 Å². The molecule has 1 atom stereocenters. The Labute approximate surface area is 183 Å². The molecule has 30 heavy (non-hydrogen) atoms. The molecule has 3 heterocycles. The first-order chi connectivity index (χ1) is 14.4. The van der Waals surface area contributed by atoms with E-state index in [0.29, 0.717) is 28.8 Å². The molecule has 0 spiro atoms. The number of thiophene rings is 1. The summed E-state index contributed by atoms with van der Waals surface area (Å²) in [5.41, 5.74) is 3.16. The number of nitrogens with one attached hydrogen (secondary N) is 1. The summed E-state index contributed by atoms with van der Waals surface area (Å²) < 4.78 is 0.552. The minimum Gasteiger partial charge on any atom is -0.480 e. The topological polar surface area (TPSA) is 89.9 Å². The van der Waals surface area contributed by atoms with Crippen LogP contribution < -0.4 is 10.2 Å². The van der Waals surface area contributed by atoms with Gasteiger partial charge in [0, 0.05) is 31.7 Å². The fourth-order valence-electron chi connectivity index (χ4n) is 4.02. The maximum Gasteiger partial charge on any atom is 0.317 e. The zero-order valence-electron chi connectivity index (χ0n) is 16.3. The number of carbonyl (C=O) groups is 3. The number of hydrogen-bond donors (Lipinski definition) is 2. The van der Waals surface area contributed by atoms with Crippen LogP contribution >= 0.6 is 22.9 Å². The number of rotatable bonds is 5. The third-order valence-electron chi connectivity index (χ3n) is 5.51. The number of aliphatic carboxylic acids is 1.